The van der Waals surface area contributed by atoms with Gasteiger partial charge in [0.05, 0.1) is 24.8 Å². The number of benzene rings is 1. The van der Waals surface area contributed by atoms with E-state index >= 15 is 0 Å². The molecule has 10 heteroatoms. The summed E-state index contributed by atoms with van der Waals surface area (Å²) in [7, 11) is 1.07. The number of ketones is 1. The molecule has 0 saturated heterocycles. The molecule has 0 spiro atoms. The van der Waals surface area contributed by atoms with Crippen molar-refractivity contribution < 1.29 is 19.2 Å². The summed E-state index contributed by atoms with van der Waals surface area (Å²) in [6, 6.07) is 10.4. The van der Waals surface area contributed by atoms with Crippen molar-refractivity contribution in [1.29, 1.82) is 0 Å². The number of rotatable bonds is 7. The number of nitrogens with zero attached hydrogens (tertiary/aromatic N) is 3. The van der Waals surface area contributed by atoms with E-state index in [-0.39, 0.29) is 0 Å². The average Bonchev–Trinajstić information content (AvgIpc) is 3.08. The zero-order chi connectivity index (χ0) is 23.6. The molecule has 0 N–H and O–H groups in total. The number of hydrogen-bond donors (Lipinski definition) is 0. The number of carbonyl (C=O) groups is 2. The van der Waals surface area contributed by atoms with Crippen LogP contribution in [-0.2, 0) is 11.3 Å². The molecule has 0 saturated carbocycles. The molecule has 0 aliphatic rings. The first-order chi connectivity index (χ1) is 15.2. The molecule has 3 aromatic rings. The number of aromatic nitrogens is 2. The van der Waals surface area contributed by atoms with Crippen LogP contribution in [0.25, 0.3) is 5.69 Å². The van der Waals surface area contributed by atoms with E-state index in [4.69, 9.17) is 0 Å². The molecule has 0 fully saturated rings. The highest BCUT2D eigenvalue weighted by molar-refractivity contribution is 7.98. The van der Waals surface area contributed by atoms with Crippen molar-refractivity contribution >= 4 is 29.2 Å². The van der Waals surface area contributed by atoms with Crippen LogP contribution in [0, 0.1) is 24.0 Å². The Morgan fingerprint density at radius 2 is 1.88 bits per heavy atom. The number of aryl methyl sites for hydroxylation is 1. The molecule has 0 atom stereocenters. The monoisotopic (exact) mass is 455 g/mol. The van der Waals surface area contributed by atoms with Gasteiger partial charge in [0, 0.05) is 33.6 Å². The second kappa shape index (κ2) is 9.23. The molecule has 0 bridgehead atoms. The van der Waals surface area contributed by atoms with Crippen LogP contribution < -0.4 is 5.56 Å². The maximum absolute atomic E-state index is 13.1. The SMILES string of the molecule is COC(=O)c1cc([N+](=O)[O-])cn(CC(=O)c2cc(C)n(-c3cccc(SC)c3)c2C)c1=O. The molecule has 3 rings (SSSR count). The molecular formula is C22H21N3O6S. The quantitative estimate of drug-likeness (QED) is 0.176. The summed E-state index contributed by atoms with van der Waals surface area (Å²) >= 11 is 1.60. The Morgan fingerprint density at radius 1 is 1.16 bits per heavy atom. The first-order valence-electron chi connectivity index (χ1n) is 9.51. The van der Waals surface area contributed by atoms with E-state index < -0.39 is 40.0 Å². The van der Waals surface area contributed by atoms with Crippen molar-refractivity contribution in [3.8, 4) is 5.69 Å². The van der Waals surface area contributed by atoms with Gasteiger partial charge < -0.3 is 13.9 Å². The first-order valence-corrected chi connectivity index (χ1v) is 10.7. The fraction of sp³-hybridized carbons (Fsp3) is 0.227. The lowest BCUT2D eigenvalue weighted by atomic mass is 10.1. The summed E-state index contributed by atoms with van der Waals surface area (Å²) in [5, 5.41) is 11.2. The normalized spacial score (nSPS) is 10.8. The predicted molar refractivity (Wildman–Crippen MR) is 120 cm³/mol. The van der Waals surface area contributed by atoms with Crippen molar-refractivity contribution in [1.82, 2.24) is 9.13 Å². The van der Waals surface area contributed by atoms with Gasteiger partial charge in [0.25, 0.3) is 11.2 Å². The molecule has 0 amide bonds. The predicted octanol–water partition coefficient (Wildman–Crippen LogP) is 3.56. The first kappa shape index (κ1) is 23.0. The number of thioether (sulfide) groups is 1. The van der Waals surface area contributed by atoms with Crippen LogP contribution in [0.3, 0.4) is 0 Å². The Labute approximate surface area is 187 Å². The summed E-state index contributed by atoms with van der Waals surface area (Å²) in [4.78, 5) is 49.2. The number of Topliss-reactive ketones (excluding diaryl/α,β-unsaturated/α-hetero) is 1. The zero-order valence-electron chi connectivity index (χ0n) is 17.9. The number of pyridine rings is 1. The number of ether oxygens (including phenoxy) is 1. The van der Waals surface area contributed by atoms with Crippen LogP contribution in [0.15, 0.2) is 52.3 Å². The van der Waals surface area contributed by atoms with Gasteiger partial charge in [-0.05, 0) is 44.4 Å². The van der Waals surface area contributed by atoms with Crippen LogP contribution in [-0.4, -0.2) is 39.2 Å². The summed E-state index contributed by atoms with van der Waals surface area (Å²) < 4.78 is 7.34. The van der Waals surface area contributed by atoms with Gasteiger partial charge >= 0.3 is 5.97 Å². The molecule has 32 heavy (non-hydrogen) atoms. The minimum Gasteiger partial charge on any atom is -0.465 e. The molecule has 9 nitrogen and oxygen atoms in total. The lowest BCUT2D eigenvalue weighted by molar-refractivity contribution is -0.385. The highest BCUT2D eigenvalue weighted by Crippen LogP contribution is 2.25. The summed E-state index contributed by atoms with van der Waals surface area (Å²) in [5.74, 6) is -1.42. The molecule has 1 aromatic carbocycles. The van der Waals surface area contributed by atoms with Gasteiger partial charge in [0.15, 0.2) is 5.78 Å². The third-order valence-corrected chi connectivity index (χ3v) is 5.77. The van der Waals surface area contributed by atoms with Gasteiger partial charge in [-0.3, -0.25) is 19.7 Å². The molecule has 2 aromatic heterocycles. The third kappa shape index (κ3) is 4.35. The molecule has 0 unspecified atom stereocenters. The van der Waals surface area contributed by atoms with Gasteiger partial charge in [0.1, 0.15) is 5.56 Å². The molecule has 2 heterocycles. The minimum absolute atomic E-state index is 0.384. The molecule has 0 aliphatic carbocycles. The lowest BCUT2D eigenvalue weighted by Gasteiger charge is -2.11. The Kier molecular flexibility index (Phi) is 6.64. The van der Waals surface area contributed by atoms with Crippen LogP contribution in [0.4, 0.5) is 5.69 Å². The molecule has 0 radical (unpaired) electrons. The smallest absolute Gasteiger partial charge is 0.343 e. The van der Waals surface area contributed by atoms with E-state index in [0.29, 0.717) is 11.3 Å². The van der Waals surface area contributed by atoms with Gasteiger partial charge in [-0.1, -0.05) is 6.07 Å². The van der Waals surface area contributed by atoms with Crippen LogP contribution in [0.2, 0.25) is 0 Å². The van der Waals surface area contributed by atoms with E-state index in [9.17, 15) is 24.5 Å². The third-order valence-electron chi connectivity index (χ3n) is 5.04. The number of hydrogen-bond acceptors (Lipinski definition) is 7. The number of methoxy groups -OCH3 is 1. The number of esters is 1. The molecular weight excluding hydrogens is 434 g/mol. The highest BCUT2D eigenvalue weighted by atomic mass is 32.2. The summed E-state index contributed by atoms with van der Waals surface area (Å²) in [6.45, 7) is 3.20. The Hall–Kier alpha value is -3.66. The van der Waals surface area contributed by atoms with E-state index in [1.165, 1.54) is 0 Å². The topological polar surface area (TPSA) is 113 Å². The van der Waals surface area contributed by atoms with Crippen molar-refractivity contribution in [3.63, 3.8) is 0 Å². The number of carbonyl (C=O) groups excluding carboxylic acids is 2. The van der Waals surface area contributed by atoms with Crippen molar-refractivity contribution in [3.05, 3.63) is 85.6 Å². The maximum atomic E-state index is 13.1. The van der Waals surface area contributed by atoms with Gasteiger partial charge in [0.2, 0.25) is 0 Å². The Morgan fingerprint density at radius 3 is 2.50 bits per heavy atom. The van der Waals surface area contributed by atoms with Crippen molar-refractivity contribution in [2.24, 2.45) is 0 Å². The summed E-state index contributed by atoms with van der Waals surface area (Å²) in [6.07, 6.45) is 2.93. The largest absolute Gasteiger partial charge is 0.465 e. The maximum Gasteiger partial charge on any atom is 0.343 e. The Bertz CT molecular complexity index is 1290. The minimum atomic E-state index is -1.01. The van der Waals surface area contributed by atoms with E-state index in [1.54, 1.807) is 24.8 Å². The van der Waals surface area contributed by atoms with Crippen molar-refractivity contribution in [2.45, 2.75) is 25.3 Å². The van der Waals surface area contributed by atoms with Gasteiger partial charge in [-0.2, -0.15) is 0 Å². The lowest BCUT2D eigenvalue weighted by Crippen LogP contribution is -2.29. The Balaban J connectivity index is 2.03. The van der Waals surface area contributed by atoms with E-state index in [2.05, 4.69) is 4.74 Å². The van der Waals surface area contributed by atoms with Crippen molar-refractivity contribution in [2.75, 3.05) is 13.4 Å². The zero-order valence-corrected chi connectivity index (χ0v) is 18.8. The highest BCUT2D eigenvalue weighted by Gasteiger charge is 2.23. The van der Waals surface area contributed by atoms with E-state index in [1.807, 2.05) is 42.0 Å². The van der Waals surface area contributed by atoms with Crippen LogP contribution in [0.1, 0.15) is 32.1 Å². The fourth-order valence-corrected chi connectivity index (χ4v) is 3.98. The second-order valence-electron chi connectivity index (χ2n) is 7.04. The fourth-order valence-electron chi connectivity index (χ4n) is 3.53. The van der Waals surface area contributed by atoms with Crippen LogP contribution >= 0.6 is 11.8 Å². The van der Waals surface area contributed by atoms with Gasteiger partial charge in [-0.25, -0.2) is 4.79 Å². The van der Waals surface area contributed by atoms with E-state index in [0.717, 1.165) is 40.2 Å². The van der Waals surface area contributed by atoms with Gasteiger partial charge in [-0.15, -0.1) is 11.8 Å². The second-order valence-corrected chi connectivity index (χ2v) is 7.92. The summed E-state index contributed by atoms with van der Waals surface area (Å²) in [5.41, 5.74) is 0.952. The molecule has 166 valence electrons. The van der Waals surface area contributed by atoms with Crippen LogP contribution in [0.5, 0.6) is 0 Å². The standard InChI is InChI=1S/C22H21N3O6S/c1-13-8-18(14(2)24(13)15-6-5-7-17(9-15)32-4)20(26)12-23-11-16(25(29)30)10-19(21(23)27)22(28)31-3/h5-11H,12H2,1-4H3. The average molecular weight is 455 g/mol. The molecule has 0 aliphatic heterocycles. The number of nitro groups is 1.